The van der Waals surface area contributed by atoms with Gasteiger partial charge in [0, 0.05) is 0 Å². The predicted octanol–water partition coefficient (Wildman–Crippen LogP) is 0.901. The van der Waals surface area contributed by atoms with E-state index in [1.165, 1.54) is 4.90 Å². The molecule has 1 saturated heterocycles. The van der Waals surface area contributed by atoms with Gasteiger partial charge in [0.05, 0.1) is 19.2 Å². The van der Waals surface area contributed by atoms with Gasteiger partial charge in [0.15, 0.2) is 11.5 Å². The Bertz CT molecular complexity index is 476. The van der Waals surface area contributed by atoms with Crippen LogP contribution in [0.5, 0.6) is 11.5 Å². The van der Waals surface area contributed by atoms with Crippen molar-refractivity contribution >= 4 is 6.09 Å². The highest BCUT2D eigenvalue weighted by molar-refractivity contribution is 5.69. The summed E-state index contributed by atoms with van der Waals surface area (Å²) in [4.78, 5) is 12.8. The standard InChI is InChI=1S/C12H13NO5/c14-9(6-13-3-4-16-12(13)15)8-1-2-10-11(5-8)18-7-17-10/h1-2,5,9,14H,3-4,6-7H2. The van der Waals surface area contributed by atoms with Crippen LogP contribution in [0.25, 0.3) is 0 Å². The molecule has 6 nitrogen and oxygen atoms in total. The van der Waals surface area contributed by atoms with Crippen LogP contribution >= 0.6 is 0 Å². The summed E-state index contributed by atoms with van der Waals surface area (Å²) in [6.45, 7) is 1.32. The van der Waals surface area contributed by atoms with E-state index in [0.717, 1.165) is 0 Å². The van der Waals surface area contributed by atoms with Crippen molar-refractivity contribution in [1.29, 1.82) is 0 Å². The molecule has 0 saturated carbocycles. The molecular weight excluding hydrogens is 238 g/mol. The molecule has 1 N–H and O–H groups in total. The molecule has 0 aliphatic carbocycles. The molecule has 2 aliphatic rings. The molecule has 1 unspecified atom stereocenters. The second kappa shape index (κ2) is 4.38. The summed E-state index contributed by atoms with van der Waals surface area (Å²) >= 11 is 0. The summed E-state index contributed by atoms with van der Waals surface area (Å²) in [7, 11) is 0. The molecule has 18 heavy (non-hydrogen) atoms. The number of β-amino-alcohol motifs (C(OH)–C–C–N with tert-alkyl or cyclic N) is 1. The first-order valence-corrected chi connectivity index (χ1v) is 5.73. The fourth-order valence-electron chi connectivity index (χ4n) is 2.03. The van der Waals surface area contributed by atoms with E-state index >= 15 is 0 Å². The quantitative estimate of drug-likeness (QED) is 0.864. The molecule has 0 bridgehead atoms. The Labute approximate surface area is 104 Å². The normalized spacial score (nSPS) is 18.9. The van der Waals surface area contributed by atoms with E-state index in [0.29, 0.717) is 30.2 Å². The SMILES string of the molecule is O=C1OCCN1CC(O)c1ccc2c(c1)OCO2. The minimum Gasteiger partial charge on any atom is -0.454 e. The van der Waals surface area contributed by atoms with Crippen molar-refractivity contribution in [2.24, 2.45) is 0 Å². The zero-order chi connectivity index (χ0) is 12.5. The molecule has 1 aromatic carbocycles. The number of carbonyl (C=O) groups excluding carboxylic acids is 1. The predicted molar refractivity (Wildman–Crippen MR) is 60.4 cm³/mol. The lowest BCUT2D eigenvalue weighted by atomic mass is 10.1. The average Bonchev–Trinajstić information content (AvgIpc) is 2.98. The minimum atomic E-state index is -0.759. The highest BCUT2D eigenvalue weighted by Crippen LogP contribution is 2.34. The fourth-order valence-corrected chi connectivity index (χ4v) is 2.03. The van der Waals surface area contributed by atoms with Gasteiger partial charge in [-0.1, -0.05) is 6.07 Å². The number of cyclic esters (lactones) is 1. The van der Waals surface area contributed by atoms with Crippen LogP contribution in [-0.2, 0) is 4.74 Å². The van der Waals surface area contributed by atoms with E-state index in [4.69, 9.17) is 14.2 Å². The number of amides is 1. The summed E-state index contributed by atoms with van der Waals surface area (Å²) < 4.78 is 15.2. The third kappa shape index (κ3) is 1.95. The number of hydrogen-bond acceptors (Lipinski definition) is 5. The maximum absolute atomic E-state index is 11.3. The molecule has 0 aromatic heterocycles. The molecule has 3 rings (SSSR count). The molecule has 6 heteroatoms. The monoisotopic (exact) mass is 251 g/mol. The molecule has 1 atom stereocenters. The van der Waals surface area contributed by atoms with Gasteiger partial charge >= 0.3 is 6.09 Å². The van der Waals surface area contributed by atoms with E-state index in [1.54, 1.807) is 18.2 Å². The zero-order valence-corrected chi connectivity index (χ0v) is 9.67. The summed E-state index contributed by atoms with van der Waals surface area (Å²) in [5.74, 6) is 1.29. The lowest BCUT2D eigenvalue weighted by Crippen LogP contribution is -2.29. The minimum absolute atomic E-state index is 0.202. The number of fused-ring (bicyclic) bond motifs is 1. The Morgan fingerprint density at radius 1 is 1.28 bits per heavy atom. The van der Waals surface area contributed by atoms with Crippen molar-refractivity contribution in [3.05, 3.63) is 23.8 Å². The van der Waals surface area contributed by atoms with Gasteiger partial charge in [-0.2, -0.15) is 0 Å². The van der Waals surface area contributed by atoms with Gasteiger partial charge in [0.25, 0.3) is 0 Å². The van der Waals surface area contributed by atoms with Crippen LogP contribution in [0.4, 0.5) is 4.79 Å². The van der Waals surface area contributed by atoms with E-state index in [-0.39, 0.29) is 19.4 Å². The number of aliphatic hydroxyl groups is 1. The lowest BCUT2D eigenvalue weighted by molar-refractivity contribution is 0.118. The van der Waals surface area contributed by atoms with Crippen LogP contribution in [0.2, 0.25) is 0 Å². The molecule has 2 heterocycles. The molecule has 2 aliphatic heterocycles. The molecule has 0 radical (unpaired) electrons. The van der Waals surface area contributed by atoms with Crippen LogP contribution in [0.15, 0.2) is 18.2 Å². The topological polar surface area (TPSA) is 68.2 Å². The number of nitrogens with zero attached hydrogens (tertiary/aromatic N) is 1. The Hall–Kier alpha value is -1.95. The Kier molecular flexibility index (Phi) is 2.71. The van der Waals surface area contributed by atoms with Crippen LogP contribution in [0.1, 0.15) is 11.7 Å². The maximum atomic E-state index is 11.3. The van der Waals surface area contributed by atoms with Crippen LogP contribution < -0.4 is 9.47 Å². The number of hydrogen-bond donors (Lipinski definition) is 1. The van der Waals surface area contributed by atoms with Gasteiger partial charge in [-0.15, -0.1) is 0 Å². The van der Waals surface area contributed by atoms with E-state index < -0.39 is 6.10 Å². The number of ether oxygens (including phenoxy) is 3. The van der Waals surface area contributed by atoms with Crippen LogP contribution in [-0.4, -0.2) is 42.6 Å². The van der Waals surface area contributed by atoms with Gasteiger partial charge in [-0.25, -0.2) is 4.79 Å². The van der Waals surface area contributed by atoms with Crippen LogP contribution in [0.3, 0.4) is 0 Å². The summed E-state index contributed by atoms with van der Waals surface area (Å²) in [5, 5.41) is 10.1. The molecule has 96 valence electrons. The van der Waals surface area contributed by atoms with Gasteiger partial charge in [0.2, 0.25) is 6.79 Å². The first-order chi connectivity index (χ1) is 8.74. The fraction of sp³-hybridized carbons (Fsp3) is 0.417. The largest absolute Gasteiger partial charge is 0.454 e. The van der Waals surface area contributed by atoms with Gasteiger partial charge in [0.1, 0.15) is 6.61 Å². The van der Waals surface area contributed by atoms with Crippen molar-refractivity contribution in [3.63, 3.8) is 0 Å². The highest BCUT2D eigenvalue weighted by Gasteiger charge is 2.25. The first-order valence-electron chi connectivity index (χ1n) is 5.73. The maximum Gasteiger partial charge on any atom is 0.410 e. The number of benzene rings is 1. The molecule has 0 spiro atoms. The molecule has 1 amide bonds. The average molecular weight is 251 g/mol. The number of carbonyl (C=O) groups is 1. The third-order valence-electron chi connectivity index (χ3n) is 3.02. The van der Waals surface area contributed by atoms with Crippen LogP contribution in [0, 0.1) is 0 Å². The van der Waals surface area contributed by atoms with Gasteiger partial charge in [-0.05, 0) is 17.7 Å². The van der Waals surface area contributed by atoms with Gasteiger partial charge < -0.3 is 24.2 Å². The Balaban J connectivity index is 1.72. The first kappa shape index (κ1) is 11.2. The van der Waals surface area contributed by atoms with E-state index in [1.807, 2.05) is 0 Å². The molecular formula is C12H13NO5. The smallest absolute Gasteiger partial charge is 0.410 e. The van der Waals surface area contributed by atoms with E-state index in [2.05, 4.69) is 0 Å². The van der Waals surface area contributed by atoms with Gasteiger partial charge in [-0.3, -0.25) is 0 Å². The Morgan fingerprint density at radius 3 is 2.89 bits per heavy atom. The second-order valence-corrected chi connectivity index (χ2v) is 4.19. The molecule has 1 aromatic rings. The number of aliphatic hydroxyl groups excluding tert-OH is 1. The summed E-state index contributed by atoms with van der Waals surface area (Å²) in [5.41, 5.74) is 0.693. The summed E-state index contributed by atoms with van der Waals surface area (Å²) in [6, 6.07) is 5.25. The number of rotatable bonds is 3. The highest BCUT2D eigenvalue weighted by atomic mass is 16.7. The third-order valence-corrected chi connectivity index (χ3v) is 3.02. The van der Waals surface area contributed by atoms with Crippen molar-refractivity contribution in [2.75, 3.05) is 26.5 Å². The molecule has 1 fully saturated rings. The van der Waals surface area contributed by atoms with Crippen molar-refractivity contribution in [3.8, 4) is 11.5 Å². The summed E-state index contributed by atoms with van der Waals surface area (Å²) in [6.07, 6.45) is -1.14. The van der Waals surface area contributed by atoms with Crippen molar-refractivity contribution < 1.29 is 24.1 Å². The van der Waals surface area contributed by atoms with Crippen molar-refractivity contribution in [1.82, 2.24) is 4.90 Å². The zero-order valence-electron chi connectivity index (χ0n) is 9.67. The van der Waals surface area contributed by atoms with E-state index in [9.17, 15) is 9.90 Å². The Morgan fingerprint density at radius 2 is 2.11 bits per heavy atom. The second-order valence-electron chi connectivity index (χ2n) is 4.19. The van der Waals surface area contributed by atoms with Crippen molar-refractivity contribution in [2.45, 2.75) is 6.10 Å². The lowest BCUT2D eigenvalue weighted by Gasteiger charge is -2.18.